The van der Waals surface area contributed by atoms with E-state index < -0.39 is 12.0 Å². The number of hydrogen-bond acceptors (Lipinski definition) is 8. The number of rotatable bonds is 8. The van der Waals surface area contributed by atoms with Gasteiger partial charge >= 0.3 is 0 Å². The maximum Gasteiger partial charge on any atom is 0.277 e. The molecular weight excluding hydrogens is 510 g/mol. The summed E-state index contributed by atoms with van der Waals surface area (Å²) in [6, 6.07) is 5.93. The molecule has 38 heavy (non-hydrogen) atoms. The molecule has 1 aromatic carbocycles. The van der Waals surface area contributed by atoms with Crippen LogP contribution in [0.15, 0.2) is 18.2 Å². The van der Waals surface area contributed by atoms with Gasteiger partial charge in [0, 0.05) is 26.2 Å². The number of nitrogens with two attached hydrogens (primary N) is 2. The van der Waals surface area contributed by atoms with Crippen LogP contribution >= 0.6 is 11.6 Å². The second-order valence-electron chi connectivity index (χ2n) is 9.62. The van der Waals surface area contributed by atoms with Crippen molar-refractivity contribution in [3.05, 3.63) is 40.4 Å². The van der Waals surface area contributed by atoms with Crippen LogP contribution in [-0.2, 0) is 30.8 Å². The summed E-state index contributed by atoms with van der Waals surface area (Å²) in [7, 11) is 2.06. The van der Waals surface area contributed by atoms with Crippen molar-refractivity contribution in [1.82, 2.24) is 29.7 Å². The lowest BCUT2D eigenvalue weighted by molar-refractivity contribution is -0.686. The highest BCUT2D eigenvalue weighted by atomic mass is 35.5. The van der Waals surface area contributed by atoms with E-state index in [9.17, 15) is 14.7 Å². The van der Waals surface area contributed by atoms with Gasteiger partial charge in [-0.3, -0.25) is 9.59 Å². The number of imidazole rings is 1. The van der Waals surface area contributed by atoms with Crippen LogP contribution < -0.4 is 21.4 Å². The SMILES string of the molecule is CCn1c(CNC(=O)c2nc(Cl)c(N)nc2N)[n+](C[C@H](C)O)c2ccc(CC(=O)N3CCN(C)CC3)cc21. The molecule has 0 saturated carbocycles. The average Bonchev–Trinajstić information content (AvgIpc) is 3.16. The summed E-state index contributed by atoms with van der Waals surface area (Å²) in [5.41, 5.74) is 14.1. The largest absolute Gasteiger partial charge is 0.389 e. The zero-order chi connectivity index (χ0) is 27.6. The molecule has 1 aliphatic rings. The topological polar surface area (TPSA) is 160 Å². The number of aliphatic hydroxyl groups is 1. The van der Waals surface area contributed by atoms with E-state index in [1.54, 1.807) is 6.92 Å². The maximum absolute atomic E-state index is 12.9. The van der Waals surface area contributed by atoms with Crippen molar-refractivity contribution in [2.45, 2.75) is 46.0 Å². The van der Waals surface area contributed by atoms with E-state index in [0.29, 0.717) is 19.5 Å². The number of likely N-dealkylation sites (N-methyl/N-ethyl adjacent to an activating group) is 1. The summed E-state index contributed by atoms with van der Waals surface area (Å²) in [5, 5.41) is 13.0. The van der Waals surface area contributed by atoms with Crippen molar-refractivity contribution in [2.75, 3.05) is 44.7 Å². The van der Waals surface area contributed by atoms with Crippen LogP contribution in [-0.4, -0.2) is 80.6 Å². The van der Waals surface area contributed by atoms with Gasteiger partial charge in [0.2, 0.25) is 5.91 Å². The van der Waals surface area contributed by atoms with E-state index in [-0.39, 0.29) is 34.9 Å². The molecule has 3 aromatic rings. The Labute approximate surface area is 226 Å². The van der Waals surface area contributed by atoms with E-state index in [1.165, 1.54) is 0 Å². The number of benzene rings is 1. The minimum Gasteiger partial charge on any atom is -0.389 e. The van der Waals surface area contributed by atoms with E-state index in [4.69, 9.17) is 23.1 Å². The number of nitrogen functional groups attached to an aromatic ring is 2. The Bertz CT molecular complexity index is 1350. The van der Waals surface area contributed by atoms with Crippen molar-refractivity contribution in [1.29, 1.82) is 0 Å². The van der Waals surface area contributed by atoms with Crippen molar-refractivity contribution in [2.24, 2.45) is 0 Å². The number of fused-ring (bicyclic) bond motifs is 1. The number of carbonyl (C=O) groups excluding carboxylic acids is 2. The number of aliphatic hydroxyl groups excluding tert-OH is 1. The highest BCUT2D eigenvalue weighted by Crippen LogP contribution is 2.20. The lowest BCUT2D eigenvalue weighted by Crippen LogP contribution is -2.47. The first-order valence-corrected chi connectivity index (χ1v) is 13.0. The van der Waals surface area contributed by atoms with Crippen LogP contribution in [0.1, 0.15) is 35.7 Å². The molecule has 0 radical (unpaired) electrons. The number of amides is 2. The third-order valence-corrected chi connectivity index (χ3v) is 7.02. The molecule has 2 aromatic heterocycles. The van der Waals surface area contributed by atoms with Gasteiger partial charge in [-0.05, 0) is 38.6 Å². The number of hydrogen-bond donors (Lipinski definition) is 4. The second kappa shape index (κ2) is 11.5. The van der Waals surface area contributed by atoms with Gasteiger partial charge in [-0.25, -0.2) is 19.1 Å². The highest BCUT2D eigenvalue weighted by molar-refractivity contribution is 6.31. The van der Waals surface area contributed by atoms with Crippen molar-refractivity contribution in [3.63, 3.8) is 0 Å². The molecule has 0 unspecified atom stereocenters. The van der Waals surface area contributed by atoms with Crippen molar-refractivity contribution >= 4 is 46.1 Å². The number of halogens is 1. The van der Waals surface area contributed by atoms with Gasteiger partial charge in [0.15, 0.2) is 33.5 Å². The molecule has 2 amide bonds. The van der Waals surface area contributed by atoms with Gasteiger partial charge in [-0.2, -0.15) is 0 Å². The molecule has 1 saturated heterocycles. The van der Waals surface area contributed by atoms with Crippen LogP contribution in [0.3, 0.4) is 0 Å². The van der Waals surface area contributed by atoms with Gasteiger partial charge in [-0.15, -0.1) is 0 Å². The summed E-state index contributed by atoms with van der Waals surface area (Å²) in [6.07, 6.45) is -0.311. The summed E-state index contributed by atoms with van der Waals surface area (Å²) >= 11 is 5.94. The van der Waals surface area contributed by atoms with Crippen LogP contribution in [0.5, 0.6) is 0 Å². The van der Waals surface area contributed by atoms with E-state index in [2.05, 4.69) is 31.8 Å². The molecule has 4 rings (SSSR count). The number of anilines is 2. The Morgan fingerprint density at radius 2 is 1.89 bits per heavy atom. The Hall–Kier alpha value is -3.48. The summed E-state index contributed by atoms with van der Waals surface area (Å²) in [6.45, 7) is 7.99. The number of carbonyl (C=O) groups is 2. The van der Waals surface area contributed by atoms with Crippen LogP contribution in [0.25, 0.3) is 11.0 Å². The molecular formula is C25H35ClN9O3+. The lowest BCUT2D eigenvalue weighted by atomic mass is 10.1. The second-order valence-corrected chi connectivity index (χ2v) is 9.98. The molecule has 204 valence electrons. The Morgan fingerprint density at radius 1 is 1.18 bits per heavy atom. The zero-order valence-corrected chi connectivity index (χ0v) is 22.7. The number of aryl methyl sites for hydroxylation is 1. The van der Waals surface area contributed by atoms with Gasteiger partial charge < -0.3 is 31.7 Å². The number of nitrogens with zero attached hydrogens (tertiary/aromatic N) is 6. The third kappa shape index (κ3) is 5.82. The zero-order valence-electron chi connectivity index (χ0n) is 21.9. The fourth-order valence-corrected chi connectivity index (χ4v) is 4.88. The van der Waals surface area contributed by atoms with Crippen LogP contribution in [0.2, 0.25) is 5.15 Å². The number of nitrogens with one attached hydrogen (secondary N) is 1. The molecule has 6 N–H and O–H groups in total. The van der Waals surface area contributed by atoms with Crippen molar-refractivity contribution in [3.8, 4) is 0 Å². The van der Waals surface area contributed by atoms with E-state index in [0.717, 1.165) is 48.6 Å². The first kappa shape index (κ1) is 27.6. The Morgan fingerprint density at radius 3 is 2.55 bits per heavy atom. The average molecular weight is 545 g/mol. The Kier molecular flexibility index (Phi) is 8.34. The summed E-state index contributed by atoms with van der Waals surface area (Å²) in [5.74, 6) is 0.159. The number of piperazine rings is 1. The van der Waals surface area contributed by atoms with E-state index in [1.807, 2.05) is 34.6 Å². The van der Waals surface area contributed by atoms with Gasteiger partial charge in [0.1, 0.15) is 13.1 Å². The predicted molar refractivity (Wildman–Crippen MR) is 144 cm³/mol. The third-order valence-electron chi connectivity index (χ3n) is 6.75. The smallest absolute Gasteiger partial charge is 0.277 e. The number of aromatic nitrogens is 4. The molecule has 12 nitrogen and oxygen atoms in total. The molecule has 0 aliphatic carbocycles. The monoisotopic (exact) mass is 544 g/mol. The fraction of sp³-hybridized carbons (Fsp3) is 0.480. The van der Waals surface area contributed by atoms with Gasteiger partial charge in [0.05, 0.1) is 19.1 Å². The normalized spacial score (nSPS) is 15.1. The highest BCUT2D eigenvalue weighted by Gasteiger charge is 2.27. The van der Waals surface area contributed by atoms with Crippen LogP contribution in [0.4, 0.5) is 11.6 Å². The molecule has 3 heterocycles. The molecule has 1 fully saturated rings. The maximum atomic E-state index is 12.9. The molecule has 1 aliphatic heterocycles. The minimum atomic E-state index is -0.624. The standard InChI is InChI=1S/C25H34ClN9O3/c1-4-34-18-11-16(12-20(37)33-9-7-32(3)8-10-33)5-6-17(18)35(14-15(2)36)19(34)13-29-25(38)21-23(27)31-24(28)22(26)30-21/h5-6,11,15,36H,4,7-10,12-14H2,1-3H3,(H4-,27,28,29,31,38)/p+1/t15-/m0/s1. The molecule has 0 spiro atoms. The summed E-state index contributed by atoms with van der Waals surface area (Å²) < 4.78 is 4.04. The lowest BCUT2D eigenvalue weighted by Gasteiger charge is -2.32. The first-order valence-electron chi connectivity index (χ1n) is 12.6. The van der Waals surface area contributed by atoms with Gasteiger partial charge in [0.25, 0.3) is 11.7 Å². The predicted octanol–water partition coefficient (Wildman–Crippen LogP) is 0.184. The van der Waals surface area contributed by atoms with Crippen molar-refractivity contribution < 1.29 is 19.3 Å². The Balaban J connectivity index is 1.62. The molecule has 1 atom stereocenters. The summed E-state index contributed by atoms with van der Waals surface area (Å²) in [4.78, 5) is 37.8. The first-order chi connectivity index (χ1) is 18.1. The minimum absolute atomic E-state index is 0.0523. The molecule has 13 heteroatoms. The molecule has 0 bridgehead atoms. The van der Waals surface area contributed by atoms with E-state index >= 15 is 0 Å². The quantitative estimate of drug-likeness (QED) is 0.292. The van der Waals surface area contributed by atoms with Crippen LogP contribution in [0, 0.1) is 0 Å². The van der Waals surface area contributed by atoms with Gasteiger partial charge in [-0.1, -0.05) is 17.7 Å². The fourth-order valence-electron chi connectivity index (χ4n) is 4.75.